The Morgan fingerprint density at radius 3 is 2.37 bits per heavy atom. The van der Waals surface area contributed by atoms with Crippen LogP contribution in [0.25, 0.3) is 0 Å². The lowest BCUT2D eigenvalue weighted by atomic mass is 9.85. The molecule has 6 heteroatoms. The zero-order chi connectivity index (χ0) is 21.1. The third kappa shape index (κ3) is 4.16. The van der Waals surface area contributed by atoms with Crippen molar-refractivity contribution in [2.24, 2.45) is 0 Å². The Kier molecular flexibility index (Phi) is 5.97. The van der Waals surface area contributed by atoms with Crippen molar-refractivity contribution in [1.82, 2.24) is 9.88 Å². The largest absolute Gasteiger partial charge is 0.300 e. The van der Waals surface area contributed by atoms with Crippen molar-refractivity contribution < 1.29 is 9.18 Å². The minimum absolute atomic E-state index is 0.0287. The molecule has 0 saturated carbocycles. The average Bonchev–Trinajstić information content (AvgIpc) is 3.19. The van der Waals surface area contributed by atoms with Crippen LogP contribution in [0, 0.1) is 12.7 Å². The van der Waals surface area contributed by atoms with Gasteiger partial charge >= 0.3 is 0 Å². The fourth-order valence-corrected chi connectivity index (χ4v) is 5.38. The number of halogens is 1. The van der Waals surface area contributed by atoms with Crippen LogP contribution >= 0.6 is 11.3 Å². The van der Waals surface area contributed by atoms with E-state index in [2.05, 4.69) is 10.3 Å². The molecule has 2 aromatic carbocycles. The molecule has 0 spiro atoms. The van der Waals surface area contributed by atoms with E-state index >= 15 is 0 Å². The molecule has 2 heterocycles. The quantitative estimate of drug-likeness (QED) is 0.570. The number of para-hydroxylation sites is 1. The number of rotatable bonds is 5. The molecule has 0 atom stereocenters. The van der Waals surface area contributed by atoms with Gasteiger partial charge in [-0.15, -0.1) is 11.3 Å². The van der Waals surface area contributed by atoms with Crippen LogP contribution in [0.5, 0.6) is 0 Å². The van der Waals surface area contributed by atoms with Crippen molar-refractivity contribution in [3.05, 3.63) is 82.1 Å². The number of aryl methyl sites for hydroxylation is 1. The smallest absolute Gasteiger partial charge is 0.224 e. The van der Waals surface area contributed by atoms with Gasteiger partial charge in [0.2, 0.25) is 5.91 Å². The van der Waals surface area contributed by atoms with E-state index in [9.17, 15) is 9.18 Å². The zero-order valence-corrected chi connectivity index (χ0v) is 18.2. The predicted molar refractivity (Wildman–Crippen MR) is 119 cm³/mol. The molecule has 0 N–H and O–H groups in total. The van der Waals surface area contributed by atoms with Crippen molar-refractivity contribution in [3.63, 3.8) is 0 Å². The average molecular weight is 424 g/mol. The van der Waals surface area contributed by atoms with Crippen LogP contribution in [-0.4, -0.2) is 28.9 Å². The SMILES string of the molecule is CC(=O)N(c1ccccc1)C1(c2nc(C)cs2)CCN(Cc2ccc(F)cc2)CC1. The number of likely N-dealkylation sites (tertiary alicyclic amines) is 1. The first-order chi connectivity index (χ1) is 14.5. The molecule has 0 unspecified atom stereocenters. The Labute approximate surface area is 181 Å². The first kappa shape index (κ1) is 20.7. The molecule has 0 aliphatic carbocycles. The minimum Gasteiger partial charge on any atom is -0.300 e. The molecule has 1 fully saturated rings. The molecule has 30 heavy (non-hydrogen) atoms. The summed E-state index contributed by atoms with van der Waals surface area (Å²) in [5.74, 6) is -0.184. The molecule has 0 radical (unpaired) electrons. The number of anilines is 1. The second-order valence-corrected chi connectivity index (χ2v) is 8.78. The number of nitrogens with zero attached hydrogens (tertiary/aromatic N) is 3. The van der Waals surface area contributed by atoms with E-state index in [0.29, 0.717) is 0 Å². The van der Waals surface area contributed by atoms with E-state index in [0.717, 1.165) is 54.4 Å². The molecule has 1 aromatic heterocycles. The highest BCUT2D eigenvalue weighted by molar-refractivity contribution is 7.09. The second kappa shape index (κ2) is 8.66. The lowest BCUT2D eigenvalue weighted by Crippen LogP contribution is -2.55. The predicted octanol–water partition coefficient (Wildman–Crippen LogP) is 5.14. The molecule has 1 aliphatic heterocycles. The van der Waals surface area contributed by atoms with Crippen LogP contribution in [0.1, 0.15) is 36.0 Å². The number of hydrogen-bond acceptors (Lipinski definition) is 4. The number of amides is 1. The topological polar surface area (TPSA) is 36.4 Å². The van der Waals surface area contributed by atoms with Crippen molar-refractivity contribution in [1.29, 1.82) is 0 Å². The molecule has 4 nitrogen and oxygen atoms in total. The monoisotopic (exact) mass is 423 g/mol. The van der Waals surface area contributed by atoms with E-state index in [4.69, 9.17) is 4.98 Å². The van der Waals surface area contributed by atoms with E-state index in [1.807, 2.05) is 54.3 Å². The lowest BCUT2D eigenvalue weighted by Gasteiger charge is -2.47. The molecule has 0 bridgehead atoms. The molecule has 1 aliphatic rings. The van der Waals surface area contributed by atoms with Crippen LogP contribution in [0.4, 0.5) is 10.1 Å². The maximum absolute atomic E-state index is 13.2. The molecule has 1 amide bonds. The van der Waals surface area contributed by atoms with Crippen molar-refractivity contribution in [2.45, 2.75) is 38.8 Å². The summed E-state index contributed by atoms with van der Waals surface area (Å²) in [5, 5.41) is 3.06. The summed E-state index contributed by atoms with van der Waals surface area (Å²) in [5.41, 5.74) is 2.54. The first-order valence-electron chi connectivity index (χ1n) is 10.2. The maximum atomic E-state index is 13.2. The Bertz CT molecular complexity index is 995. The molecular weight excluding hydrogens is 397 g/mol. The fraction of sp³-hybridized carbons (Fsp3) is 0.333. The van der Waals surface area contributed by atoms with Crippen LogP contribution in [0.3, 0.4) is 0 Å². The van der Waals surface area contributed by atoms with Gasteiger partial charge in [0.15, 0.2) is 0 Å². The Hall–Kier alpha value is -2.57. The third-order valence-corrected chi connectivity index (χ3v) is 6.93. The minimum atomic E-state index is -0.453. The summed E-state index contributed by atoms with van der Waals surface area (Å²) in [6.07, 6.45) is 1.60. The summed E-state index contributed by atoms with van der Waals surface area (Å²) >= 11 is 1.64. The second-order valence-electron chi connectivity index (χ2n) is 7.92. The van der Waals surface area contributed by atoms with Gasteiger partial charge in [-0.3, -0.25) is 14.6 Å². The standard InChI is InChI=1S/C24H26FN3OS/c1-18-17-30-23(26-18)24(28(19(2)29)22-6-4-3-5-7-22)12-14-27(15-13-24)16-20-8-10-21(25)11-9-20/h3-11,17H,12-16H2,1-2H3. The number of carbonyl (C=O) groups excluding carboxylic acids is 1. The highest BCUT2D eigenvalue weighted by Crippen LogP contribution is 2.43. The number of benzene rings is 2. The van der Waals surface area contributed by atoms with Crippen molar-refractivity contribution in [3.8, 4) is 0 Å². The van der Waals surface area contributed by atoms with E-state index in [1.165, 1.54) is 12.1 Å². The van der Waals surface area contributed by atoms with E-state index < -0.39 is 5.54 Å². The van der Waals surface area contributed by atoms with Crippen molar-refractivity contribution in [2.75, 3.05) is 18.0 Å². The Balaban J connectivity index is 1.63. The van der Waals surface area contributed by atoms with Crippen LogP contribution in [0.2, 0.25) is 0 Å². The number of carbonyl (C=O) groups is 1. The molecule has 3 aromatic rings. The van der Waals surface area contributed by atoms with Crippen molar-refractivity contribution >= 4 is 22.9 Å². The molecule has 1 saturated heterocycles. The van der Waals surface area contributed by atoms with Gasteiger partial charge in [-0.2, -0.15) is 0 Å². The molecule has 156 valence electrons. The van der Waals surface area contributed by atoms with E-state index in [-0.39, 0.29) is 11.7 Å². The molecular formula is C24H26FN3OS. The van der Waals surface area contributed by atoms with Gasteiger partial charge < -0.3 is 0 Å². The van der Waals surface area contributed by atoms with Crippen LogP contribution < -0.4 is 4.90 Å². The van der Waals surface area contributed by atoms with Gasteiger partial charge in [-0.1, -0.05) is 30.3 Å². The van der Waals surface area contributed by atoms with Gasteiger partial charge in [0, 0.05) is 43.3 Å². The summed E-state index contributed by atoms with van der Waals surface area (Å²) < 4.78 is 13.2. The first-order valence-corrected chi connectivity index (χ1v) is 11.1. The number of piperidine rings is 1. The summed E-state index contributed by atoms with van der Waals surface area (Å²) in [7, 11) is 0. The highest BCUT2D eigenvalue weighted by atomic mass is 32.1. The van der Waals surface area contributed by atoms with Gasteiger partial charge in [0.25, 0.3) is 0 Å². The number of hydrogen-bond donors (Lipinski definition) is 0. The highest BCUT2D eigenvalue weighted by Gasteiger charge is 2.45. The third-order valence-electron chi connectivity index (χ3n) is 5.78. The summed E-state index contributed by atoms with van der Waals surface area (Å²) in [6.45, 7) is 6.09. The van der Waals surface area contributed by atoms with Crippen LogP contribution in [0.15, 0.2) is 60.0 Å². The summed E-state index contributed by atoms with van der Waals surface area (Å²) in [6, 6.07) is 16.6. The Morgan fingerprint density at radius 1 is 1.13 bits per heavy atom. The van der Waals surface area contributed by atoms with Gasteiger partial charge in [0.1, 0.15) is 16.4 Å². The Morgan fingerprint density at radius 2 is 1.80 bits per heavy atom. The normalized spacial score (nSPS) is 16.4. The zero-order valence-electron chi connectivity index (χ0n) is 17.3. The fourth-order valence-electron chi connectivity index (χ4n) is 4.34. The van der Waals surface area contributed by atoms with Gasteiger partial charge in [-0.05, 0) is 49.6 Å². The number of aromatic nitrogens is 1. The number of thiazole rings is 1. The van der Waals surface area contributed by atoms with Gasteiger partial charge in [-0.25, -0.2) is 9.37 Å². The van der Waals surface area contributed by atoms with Crippen LogP contribution in [-0.2, 0) is 16.9 Å². The van der Waals surface area contributed by atoms with E-state index in [1.54, 1.807) is 18.3 Å². The maximum Gasteiger partial charge on any atom is 0.224 e. The summed E-state index contributed by atoms with van der Waals surface area (Å²) in [4.78, 5) is 22.0. The molecule has 4 rings (SSSR count). The lowest BCUT2D eigenvalue weighted by molar-refractivity contribution is -0.118. The van der Waals surface area contributed by atoms with Gasteiger partial charge in [0.05, 0.1) is 0 Å².